The molecule has 0 aliphatic carbocycles. The van der Waals surface area contributed by atoms with Crippen molar-refractivity contribution in [1.82, 2.24) is 0 Å². The van der Waals surface area contributed by atoms with E-state index in [-0.39, 0.29) is 18.0 Å². The summed E-state index contributed by atoms with van der Waals surface area (Å²) in [5, 5.41) is 21.4. The fourth-order valence-electron chi connectivity index (χ4n) is 2.16. The van der Waals surface area contributed by atoms with Crippen LogP contribution in [0.4, 0.5) is 11.4 Å². The minimum Gasteiger partial charge on any atom is -0.456 e. The molecule has 0 saturated carbocycles. The molecule has 0 spiro atoms. The van der Waals surface area contributed by atoms with Gasteiger partial charge in [-0.3, -0.25) is 20.2 Å². The molecule has 117 valence electrons. The molecule has 2 aromatic carbocycles. The Bertz CT molecular complexity index is 654. The molecular formula is C15H11N2O6. The van der Waals surface area contributed by atoms with Crippen LogP contribution >= 0.6 is 0 Å². The molecule has 8 nitrogen and oxygen atoms in total. The molecule has 2 aromatic rings. The van der Waals surface area contributed by atoms with Gasteiger partial charge in [-0.15, -0.1) is 0 Å². The number of nitrogens with zero attached hydrogens (tertiary/aromatic N) is 2. The van der Waals surface area contributed by atoms with Crippen molar-refractivity contribution in [2.45, 2.75) is 5.92 Å². The zero-order valence-corrected chi connectivity index (χ0v) is 11.7. The Kier molecular flexibility index (Phi) is 4.98. The van der Waals surface area contributed by atoms with Gasteiger partial charge >= 0.3 is 6.47 Å². The Morgan fingerprint density at radius 2 is 1.26 bits per heavy atom. The number of non-ortho nitro benzene ring substituents is 2. The van der Waals surface area contributed by atoms with Crippen molar-refractivity contribution >= 4 is 17.8 Å². The minimum atomic E-state index is -0.514. The standard InChI is InChI=1S/C15H11N2O6/c18-10-23-9-15(11-1-5-13(6-2-11)16(19)20)12-3-7-14(8-4-12)17(21)22/h1-8,15H,9H2. The number of carbonyl (C=O) groups excluding carboxylic acids is 1. The molecule has 0 saturated heterocycles. The Morgan fingerprint density at radius 3 is 1.57 bits per heavy atom. The van der Waals surface area contributed by atoms with Crippen molar-refractivity contribution in [3.05, 3.63) is 79.9 Å². The predicted octanol–water partition coefficient (Wildman–Crippen LogP) is 2.72. The first-order chi connectivity index (χ1) is 11.0. The number of nitro groups is 2. The Hall–Kier alpha value is -3.29. The van der Waals surface area contributed by atoms with Gasteiger partial charge in [-0.25, -0.2) is 4.79 Å². The highest BCUT2D eigenvalue weighted by atomic mass is 16.6. The van der Waals surface area contributed by atoms with Gasteiger partial charge in [0.2, 0.25) is 0 Å². The van der Waals surface area contributed by atoms with Gasteiger partial charge in [0, 0.05) is 30.2 Å². The van der Waals surface area contributed by atoms with Crippen LogP contribution in [0.25, 0.3) is 0 Å². The summed E-state index contributed by atoms with van der Waals surface area (Å²) < 4.78 is 4.69. The summed E-state index contributed by atoms with van der Waals surface area (Å²) in [6.45, 7) is 1.30. The van der Waals surface area contributed by atoms with Gasteiger partial charge in [0.15, 0.2) is 0 Å². The number of rotatable bonds is 7. The quantitative estimate of drug-likeness (QED) is 0.573. The highest BCUT2D eigenvalue weighted by Gasteiger charge is 2.18. The summed E-state index contributed by atoms with van der Waals surface area (Å²) in [4.78, 5) is 30.7. The topological polar surface area (TPSA) is 113 Å². The lowest BCUT2D eigenvalue weighted by atomic mass is 9.92. The molecule has 0 unspecified atom stereocenters. The van der Waals surface area contributed by atoms with Gasteiger partial charge in [-0.05, 0) is 11.1 Å². The highest BCUT2D eigenvalue weighted by molar-refractivity contribution is 5.43. The Balaban J connectivity index is 2.33. The molecule has 0 bridgehead atoms. The van der Waals surface area contributed by atoms with E-state index in [4.69, 9.17) is 0 Å². The third kappa shape index (κ3) is 3.88. The predicted molar refractivity (Wildman–Crippen MR) is 79.7 cm³/mol. The van der Waals surface area contributed by atoms with E-state index in [9.17, 15) is 25.0 Å². The second-order valence-corrected chi connectivity index (χ2v) is 4.64. The summed E-state index contributed by atoms with van der Waals surface area (Å²) in [6, 6.07) is 11.6. The van der Waals surface area contributed by atoms with Gasteiger partial charge < -0.3 is 4.74 Å². The SMILES string of the molecule is O=[C]OCC(c1ccc([N+](=O)[O-])cc1)c1ccc([N+](=O)[O-])cc1. The average molecular weight is 315 g/mol. The van der Waals surface area contributed by atoms with Gasteiger partial charge in [-0.1, -0.05) is 24.3 Å². The number of nitro benzene ring substituents is 2. The van der Waals surface area contributed by atoms with E-state index in [2.05, 4.69) is 4.74 Å². The maximum Gasteiger partial charge on any atom is 0.417 e. The van der Waals surface area contributed by atoms with E-state index in [1.54, 1.807) is 24.3 Å². The monoisotopic (exact) mass is 315 g/mol. The Labute approximate surface area is 130 Å². The molecule has 0 aliphatic rings. The van der Waals surface area contributed by atoms with Gasteiger partial charge in [0.05, 0.1) is 9.85 Å². The van der Waals surface area contributed by atoms with E-state index < -0.39 is 15.8 Å². The molecule has 0 aliphatic heterocycles. The van der Waals surface area contributed by atoms with Crippen LogP contribution in [0, 0.1) is 20.2 Å². The van der Waals surface area contributed by atoms with Crippen LogP contribution in [0.15, 0.2) is 48.5 Å². The van der Waals surface area contributed by atoms with Crippen molar-refractivity contribution in [3.8, 4) is 0 Å². The molecule has 0 N–H and O–H groups in total. The molecule has 0 heterocycles. The number of benzene rings is 2. The molecule has 8 heteroatoms. The van der Waals surface area contributed by atoms with Gasteiger partial charge in [0.25, 0.3) is 11.4 Å². The number of ether oxygens (including phenoxy) is 1. The molecular weight excluding hydrogens is 304 g/mol. The molecule has 2 rings (SSSR count). The zero-order valence-electron chi connectivity index (χ0n) is 11.7. The lowest BCUT2D eigenvalue weighted by Crippen LogP contribution is -2.09. The maximum absolute atomic E-state index is 10.7. The fraction of sp³-hybridized carbons (Fsp3) is 0.133. The van der Waals surface area contributed by atoms with E-state index in [1.165, 1.54) is 30.7 Å². The van der Waals surface area contributed by atoms with Crippen LogP contribution in [-0.4, -0.2) is 22.9 Å². The molecule has 23 heavy (non-hydrogen) atoms. The maximum atomic E-state index is 10.7. The zero-order chi connectivity index (χ0) is 16.8. The molecule has 0 atom stereocenters. The summed E-state index contributed by atoms with van der Waals surface area (Å²) in [5.41, 5.74) is 1.25. The second kappa shape index (κ2) is 7.12. The van der Waals surface area contributed by atoms with Crippen molar-refractivity contribution in [2.24, 2.45) is 0 Å². The van der Waals surface area contributed by atoms with E-state index in [1.807, 2.05) is 0 Å². The van der Waals surface area contributed by atoms with Crippen molar-refractivity contribution in [1.29, 1.82) is 0 Å². The molecule has 0 fully saturated rings. The van der Waals surface area contributed by atoms with E-state index in [0.29, 0.717) is 11.1 Å². The summed E-state index contributed by atoms with van der Waals surface area (Å²) in [5.74, 6) is -0.405. The molecule has 0 aromatic heterocycles. The highest BCUT2D eigenvalue weighted by Crippen LogP contribution is 2.28. The van der Waals surface area contributed by atoms with Crippen LogP contribution < -0.4 is 0 Å². The third-order valence-corrected chi connectivity index (χ3v) is 3.32. The van der Waals surface area contributed by atoms with Gasteiger partial charge in [0.1, 0.15) is 6.61 Å². The van der Waals surface area contributed by atoms with Crippen LogP contribution in [0.3, 0.4) is 0 Å². The first-order valence-corrected chi connectivity index (χ1v) is 6.50. The summed E-state index contributed by atoms with van der Waals surface area (Å²) >= 11 is 0. The third-order valence-electron chi connectivity index (χ3n) is 3.32. The van der Waals surface area contributed by atoms with Crippen molar-refractivity contribution in [3.63, 3.8) is 0 Å². The molecule has 0 amide bonds. The van der Waals surface area contributed by atoms with Crippen LogP contribution in [0.2, 0.25) is 0 Å². The first-order valence-electron chi connectivity index (χ1n) is 6.50. The fourth-order valence-corrected chi connectivity index (χ4v) is 2.16. The lowest BCUT2D eigenvalue weighted by Gasteiger charge is -2.16. The van der Waals surface area contributed by atoms with Crippen LogP contribution in [-0.2, 0) is 9.53 Å². The summed E-state index contributed by atoms with van der Waals surface area (Å²) in [7, 11) is 0. The minimum absolute atomic E-state index is 0.0286. The second-order valence-electron chi connectivity index (χ2n) is 4.64. The van der Waals surface area contributed by atoms with Crippen molar-refractivity contribution in [2.75, 3.05) is 6.61 Å². The normalized spacial score (nSPS) is 10.3. The Morgan fingerprint density at radius 1 is 0.870 bits per heavy atom. The molecule has 1 radical (unpaired) electrons. The van der Waals surface area contributed by atoms with Gasteiger partial charge in [-0.2, -0.15) is 0 Å². The van der Waals surface area contributed by atoms with Crippen LogP contribution in [0.5, 0.6) is 0 Å². The number of hydrogen-bond donors (Lipinski definition) is 0. The van der Waals surface area contributed by atoms with Crippen LogP contribution in [0.1, 0.15) is 17.0 Å². The summed E-state index contributed by atoms with van der Waals surface area (Å²) in [6.07, 6.45) is 0. The van der Waals surface area contributed by atoms with E-state index in [0.717, 1.165) is 0 Å². The van der Waals surface area contributed by atoms with Crippen molar-refractivity contribution < 1.29 is 19.4 Å². The average Bonchev–Trinajstić information content (AvgIpc) is 2.56. The smallest absolute Gasteiger partial charge is 0.417 e. The van der Waals surface area contributed by atoms with E-state index >= 15 is 0 Å². The largest absolute Gasteiger partial charge is 0.456 e. The number of hydrogen-bond acceptors (Lipinski definition) is 6. The first kappa shape index (κ1) is 16.1. The lowest BCUT2D eigenvalue weighted by molar-refractivity contribution is -0.385.